The van der Waals surface area contributed by atoms with Crippen molar-refractivity contribution in [1.29, 1.82) is 5.26 Å². The zero-order chi connectivity index (χ0) is 21.5. The first-order chi connectivity index (χ1) is 14.5. The molecule has 0 fully saturated rings. The number of hydrogen-bond donors (Lipinski definition) is 1. The highest BCUT2D eigenvalue weighted by molar-refractivity contribution is 6.10. The molecule has 2 aromatic carbocycles. The molecule has 2 aromatic rings. The summed E-state index contributed by atoms with van der Waals surface area (Å²) in [5.41, 5.74) is -0.0373. The molecule has 154 valence electrons. The Balaban J connectivity index is 1.82. The van der Waals surface area contributed by atoms with E-state index in [0.717, 1.165) is 6.42 Å². The van der Waals surface area contributed by atoms with Gasteiger partial charge in [0.25, 0.3) is 11.6 Å². The van der Waals surface area contributed by atoms with Gasteiger partial charge >= 0.3 is 0 Å². The molecule has 1 N–H and O–H groups in total. The van der Waals surface area contributed by atoms with E-state index < -0.39 is 10.8 Å². The number of fused-ring (bicyclic) bond motifs is 1. The van der Waals surface area contributed by atoms with Crippen LogP contribution >= 0.6 is 0 Å². The molecule has 1 aliphatic heterocycles. The molecule has 0 saturated carbocycles. The third-order valence-corrected chi connectivity index (χ3v) is 4.13. The van der Waals surface area contributed by atoms with Crippen molar-refractivity contribution >= 4 is 23.4 Å². The highest BCUT2D eigenvalue weighted by Gasteiger charge is 2.24. The summed E-state index contributed by atoms with van der Waals surface area (Å²) in [5.74, 6) is 0.423. The number of rotatable bonds is 7. The van der Waals surface area contributed by atoms with Crippen LogP contribution in [0.4, 0.5) is 11.4 Å². The minimum Gasteiger partial charge on any atom is -0.494 e. The van der Waals surface area contributed by atoms with E-state index in [4.69, 9.17) is 14.2 Å². The molecular formula is C21H19N3O6. The Morgan fingerprint density at radius 1 is 1.27 bits per heavy atom. The van der Waals surface area contributed by atoms with E-state index in [9.17, 15) is 20.2 Å². The van der Waals surface area contributed by atoms with Crippen molar-refractivity contribution in [2.75, 3.05) is 25.1 Å². The van der Waals surface area contributed by atoms with Crippen LogP contribution in [0.15, 0.2) is 42.0 Å². The van der Waals surface area contributed by atoms with Crippen molar-refractivity contribution in [3.63, 3.8) is 0 Å². The van der Waals surface area contributed by atoms with E-state index in [1.165, 1.54) is 18.2 Å². The Kier molecular flexibility index (Phi) is 6.49. The third-order valence-electron chi connectivity index (χ3n) is 4.13. The Bertz CT molecular complexity index is 1020. The van der Waals surface area contributed by atoms with Crippen molar-refractivity contribution in [3.05, 3.63) is 57.6 Å². The van der Waals surface area contributed by atoms with Crippen LogP contribution in [-0.4, -0.2) is 30.7 Å². The molecule has 0 aromatic heterocycles. The van der Waals surface area contributed by atoms with Crippen molar-refractivity contribution < 1.29 is 23.9 Å². The first kappa shape index (κ1) is 20.7. The van der Waals surface area contributed by atoms with Gasteiger partial charge in [-0.25, -0.2) is 0 Å². The average molecular weight is 409 g/mol. The van der Waals surface area contributed by atoms with Gasteiger partial charge in [0.1, 0.15) is 36.3 Å². The van der Waals surface area contributed by atoms with E-state index in [1.807, 2.05) is 13.0 Å². The fraction of sp³-hybridized carbons (Fsp3) is 0.238. The van der Waals surface area contributed by atoms with Crippen LogP contribution in [0.5, 0.6) is 17.2 Å². The van der Waals surface area contributed by atoms with E-state index in [0.29, 0.717) is 24.5 Å². The summed E-state index contributed by atoms with van der Waals surface area (Å²) in [5, 5.41) is 23.2. The second-order valence-corrected chi connectivity index (χ2v) is 6.31. The number of anilines is 1. The summed E-state index contributed by atoms with van der Waals surface area (Å²) < 4.78 is 16.2. The van der Waals surface area contributed by atoms with Gasteiger partial charge in [0.2, 0.25) is 0 Å². The van der Waals surface area contributed by atoms with Crippen LogP contribution in [0.3, 0.4) is 0 Å². The Hall–Kier alpha value is -4.06. The summed E-state index contributed by atoms with van der Waals surface area (Å²) in [6, 6.07) is 11.2. The minimum absolute atomic E-state index is 0.0845. The van der Waals surface area contributed by atoms with E-state index in [-0.39, 0.29) is 35.1 Å². The van der Waals surface area contributed by atoms with E-state index >= 15 is 0 Å². The number of amides is 1. The highest BCUT2D eigenvalue weighted by atomic mass is 16.6. The van der Waals surface area contributed by atoms with Gasteiger partial charge in [0, 0.05) is 6.07 Å². The maximum Gasteiger partial charge on any atom is 0.296 e. The first-order valence-corrected chi connectivity index (χ1v) is 9.26. The number of carbonyl (C=O) groups is 1. The number of nitriles is 1. The first-order valence-electron chi connectivity index (χ1n) is 9.26. The normalized spacial score (nSPS) is 12.6. The van der Waals surface area contributed by atoms with Gasteiger partial charge < -0.3 is 19.5 Å². The van der Waals surface area contributed by atoms with Crippen molar-refractivity contribution in [2.24, 2.45) is 0 Å². The molecule has 0 saturated heterocycles. The number of ether oxygens (including phenoxy) is 3. The molecule has 30 heavy (non-hydrogen) atoms. The quantitative estimate of drug-likeness (QED) is 0.320. The number of carbonyl (C=O) groups excluding carboxylic acids is 1. The molecule has 0 spiro atoms. The largest absolute Gasteiger partial charge is 0.494 e. The van der Waals surface area contributed by atoms with Crippen molar-refractivity contribution in [3.8, 4) is 23.3 Å². The van der Waals surface area contributed by atoms with Gasteiger partial charge in [-0.3, -0.25) is 14.9 Å². The zero-order valence-electron chi connectivity index (χ0n) is 16.2. The molecule has 0 aliphatic carbocycles. The number of nitro groups is 1. The zero-order valence-corrected chi connectivity index (χ0v) is 16.2. The van der Waals surface area contributed by atoms with Gasteiger partial charge in [-0.05, 0) is 30.2 Å². The SMILES string of the molecule is CCCOc1ccc(/C=C(\C#N)C(=O)Nc2cc3c(cc2[N+](=O)[O-])OCCO3)cc1. The third kappa shape index (κ3) is 4.86. The van der Waals surface area contributed by atoms with Gasteiger partial charge in [0.05, 0.1) is 17.6 Å². The second kappa shape index (κ2) is 9.43. The standard InChI is InChI=1S/C21H19N3O6/c1-2-7-28-16-5-3-14(4-6-16)10-15(13-22)21(25)23-17-11-19-20(30-9-8-29-19)12-18(17)24(26)27/h3-6,10-12H,2,7-9H2,1H3,(H,23,25)/b15-10+. The lowest BCUT2D eigenvalue weighted by Crippen LogP contribution is -2.18. The maximum absolute atomic E-state index is 12.6. The summed E-state index contributed by atoms with van der Waals surface area (Å²) >= 11 is 0. The van der Waals surface area contributed by atoms with Crippen LogP contribution in [0, 0.1) is 21.4 Å². The van der Waals surface area contributed by atoms with Crippen molar-refractivity contribution in [2.45, 2.75) is 13.3 Å². The summed E-state index contributed by atoms with van der Waals surface area (Å²) in [4.78, 5) is 23.3. The van der Waals surface area contributed by atoms with Crippen molar-refractivity contribution in [1.82, 2.24) is 0 Å². The van der Waals surface area contributed by atoms with Gasteiger partial charge in [0.15, 0.2) is 11.5 Å². The lowest BCUT2D eigenvalue weighted by atomic mass is 10.1. The molecule has 0 radical (unpaired) electrons. The van der Waals surface area contributed by atoms with Gasteiger partial charge in [-0.1, -0.05) is 19.1 Å². The summed E-state index contributed by atoms with van der Waals surface area (Å²) in [7, 11) is 0. The number of benzene rings is 2. The predicted octanol–water partition coefficient (Wildman–Crippen LogP) is 3.70. The lowest BCUT2D eigenvalue weighted by Gasteiger charge is -2.19. The van der Waals surface area contributed by atoms with E-state index in [1.54, 1.807) is 24.3 Å². The van der Waals surface area contributed by atoms with Gasteiger partial charge in [-0.2, -0.15) is 5.26 Å². The molecule has 0 bridgehead atoms. The average Bonchev–Trinajstić information content (AvgIpc) is 2.76. The fourth-order valence-electron chi connectivity index (χ4n) is 2.71. The molecule has 9 nitrogen and oxygen atoms in total. The minimum atomic E-state index is -0.774. The monoisotopic (exact) mass is 409 g/mol. The smallest absolute Gasteiger partial charge is 0.296 e. The maximum atomic E-state index is 12.6. The number of nitrogens with one attached hydrogen (secondary N) is 1. The Morgan fingerprint density at radius 2 is 1.93 bits per heavy atom. The molecular weight excluding hydrogens is 390 g/mol. The fourth-order valence-corrected chi connectivity index (χ4v) is 2.71. The molecule has 3 rings (SSSR count). The summed E-state index contributed by atoms with van der Waals surface area (Å²) in [6.45, 7) is 3.16. The number of nitrogens with zero attached hydrogens (tertiary/aromatic N) is 2. The Morgan fingerprint density at radius 3 is 2.53 bits per heavy atom. The van der Waals surface area contributed by atoms with Crippen LogP contribution in [0.25, 0.3) is 6.08 Å². The molecule has 1 aliphatic rings. The second-order valence-electron chi connectivity index (χ2n) is 6.31. The van der Waals surface area contributed by atoms with Gasteiger partial charge in [-0.15, -0.1) is 0 Å². The molecule has 0 atom stereocenters. The van der Waals surface area contributed by atoms with Crippen LogP contribution in [0.2, 0.25) is 0 Å². The molecule has 1 amide bonds. The number of nitro benzene ring substituents is 1. The molecule has 1 heterocycles. The number of hydrogen-bond acceptors (Lipinski definition) is 7. The topological polar surface area (TPSA) is 124 Å². The molecule has 0 unspecified atom stereocenters. The van der Waals surface area contributed by atoms with Crippen LogP contribution < -0.4 is 19.5 Å². The summed E-state index contributed by atoms with van der Waals surface area (Å²) in [6.07, 6.45) is 2.27. The predicted molar refractivity (Wildman–Crippen MR) is 109 cm³/mol. The molecule has 9 heteroatoms. The Labute approximate surface area is 172 Å². The van der Waals surface area contributed by atoms with E-state index in [2.05, 4.69) is 5.32 Å². The van der Waals surface area contributed by atoms with Crippen LogP contribution in [0.1, 0.15) is 18.9 Å². The van der Waals surface area contributed by atoms with Crippen LogP contribution in [-0.2, 0) is 4.79 Å². The lowest BCUT2D eigenvalue weighted by molar-refractivity contribution is -0.384. The highest BCUT2D eigenvalue weighted by Crippen LogP contribution is 2.39.